The Labute approximate surface area is 194 Å². The molecule has 11 heteroatoms. The predicted octanol–water partition coefficient (Wildman–Crippen LogP) is 4.23. The molecule has 0 unspecified atom stereocenters. The number of likely N-dealkylation sites (tertiary alicyclic amines) is 1. The summed E-state index contributed by atoms with van der Waals surface area (Å²) in [6.07, 6.45) is -3.66. The zero-order valence-electron chi connectivity index (χ0n) is 18.4. The summed E-state index contributed by atoms with van der Waals surface area (Å²) in [4.78, 5) is 25.9. The minimum Gasteiger partial charge on any atom is -0.457 e. The Balaban J connectivity index is 1.48. The molecule has 182 valence electrons. The third-order valence-corrected chi connectivity index (χ3v) is 5.69. The summed E-state index contributed by atoms with van der Waals surface area (Å²) in [6, 6.07) is 8.42. The number of alkyl halides is 3. The number of rotatable bonds is 4. The van der Waals surface area contributed by atoms with Crippen molar-refractivity contribution in [1.82, 2.24) is 10.2 Å². The molecule has 1 spiro atoms. The number of hydrogen-bond acceptors (Lipinski definition) is 5. The van der Waals surface area contributed by atoms with E-state index >= 15 is 0 Å². The Kier molecular flexibility index (Phi) is 6.67. The number of ether oxygens (including phenoxy) is 3. The van der Waals surface area contributed by atoms with Gasteiger partial charge in [-0.1, -0.05) is 0 Å². The highest BCUT2D eigenvalue weighted by Gasteiger charge is 2.41. The van der Waals surface area contributed by atoms with E-state index in [1.54, 1.807) is 0 Å². The number of anilines is 1. The van der Waals surface area contributed by atoms with Crippen molar-refractivity contribution in [3.05, 3.63) is 53.6 Å². The minimum absolute atomic E-state index is 0.0505. The van der Waals surface area contributed by atoms with Crippen molar-refractivity contribution in [1.29, 1.82) is 0 Å². The third kappa shape index (κ3) is 5.42. The van der Waals surface area contributed by atoms with E-state index in [1.165, 1.54) is 42.3 Å². The number of benzene rings is 2. The van der Waals surface area contributed by atoms with Crippen molar-refractivity contribution in [2.24, 2.45) is 0 Å². The minimum atomic E-state index is -4.64. The van der Waals surface area contributed by atoms with Crippen LogP contribution in [0, 0.1) is 0 Å². The molecule has 2 saturated heterocycles. The predicted molar refractivity (Wildman–Crippen MR) is 116 cm³/mol. The molecule has 0 aromatic heterocycles. The molecule has 2 aliphatic rings. The van der Waals surface area contributed by atoms with E-state index in [2.05, 4.69) is 10.6 Å². The molecular weight excluding hydrogens is 455 g/mol. The Morgan fingerprint density at radius 1 is 1.00 bits per heavy atom. The van der Waals surface area contributed by atoms with E-state index < -0.39 is 23.6 Å². The molecule has 34 heavy (non-hydrogen) atoms. The van der Waals surface area contributed by atoms with Crippen LogP contribution in [0.1, 0.15) is 28.8 Å². The maximum Gasteiger partial charge on any atom is 0.416 e. The summed E-state index contributed by atoms with van der Waals surface area (Å²) in [5, 5.41) is 5.01. The van der Waals surface area contributed by atoms with Crippen LogP contribution in [0.4, 0.5) is 23.7 Å². The van der Waals surface area contributed by atoms with Gasteiger partial charge in [-0.05, 0) is 36.4 Å². The van der Waals surface area contributed by atoms with Crippen LogP contribution in [0.2, 0.25) is 0 Å². The lowest BCUT2D eigenvalue weighted by Crippen LogP contribution is -2.48. The summed E-state index contributed by atoms with van der Waals surface area (Å²) in [5.74, 6) is -0.836. The standard InChI is InChI=1S/C23H24F3N3O5/c1-27-20(30)15-2-4-18(5-3-15)34-19-13-16(23(24,25)26)12-17(14-19)28-21(31)29-8-6-22(7-9-29)32-10-11-33-22/h2-5,12-14H,6-11H2,1H3,(H,27,30)(H,28,31). The molecule has 2 fully saturated rings. The van der Waals surface area contributed by atoms with Gasteiger partial charge in [0, 0.05) is 50.3 Å². The van der Waals surface area contributed by atoms with Gasteiger partial charge in [-0.15, -0.1) is 0 Å². The maximum atomic E-state index is 13.5. The molecule has 2 aromatic rings. The zero-order chi connectivity index (χ0) is 24.3. The number of carbonyl (C=O) groups excluding carboxylic acids is 2. The van der Waals surface area contributed by atoms with Crippen molar-refractivity contribution in [3.8, 4) is 11.5 Å². The largest absolute Gasteiger partial charge is 0.457 e. The van der Waals surface area contributed by atoms with Gasteiger partial charge in [0.25, 0.3) is 5.91 Å². The van der Waals surface area contributed by atoms with Crippen LogP contribution in [0.3, 0.4) is 0 Å². The highest BCUT2D eigenvalue weighted by Crippen LogP contribution is 2.36. The lowest BCUT2D eigenvalue weighted by Gasteiger charge is -2.37. The highest BCUT2D eigenvalue weighted by molar-refractivity contribution is 5.94. The number of urea groups is 1. The lowest BCUT2D eigenvalue weighted by atomic mass is 10.0. The van der Waals surface area contributed by atoms with E-state index in [-0.39, 0.29) is 23.1 Å². The summed E-state index contributed by atoms with van der Waals surface area (Å²) in [7, 11) is 1.49. The fourth-order valence-corrected chi connectivity index (χ4v) is 3.89. The number of amides is 3. The second-order valence-electron chi connectivity index (χ2n) is 7.97. The van der Waals surface area contributed by atoms with E-state index in [0.29, 0.717) is 44.7 Å². The monoisotopic (exact) mass is 479 g/mol. The van der Waals surface area contributed by atoms with Gasteiger partial charge < -0.3 is 29.7 Å². The van der Waals surface area contributed by atoms with Crippen LogP contribution >= 0.6 is 0 Å². The van der Waals surface area contributed by atoms with Gasteiger partial charge >= 0.3 is 12.2 Å². The third-order valence-electron chi connectivity index (χ3n) is 5.69. The van der Waals surface area contributed by atoms with Gasteiger partial charge in [0.15, 0.2) is 5.79 Å². The average Bonchev–Trinajstić information content (AvgIpc) is 3.26. The van der Waals surface area contributed by atoms with E-state index in [0.717, 1.165) is 12.1 Å². The molecular formula is C23H24F3N3O5. The Morgan fingerprint density at radius 2 is 1.65 bits per heavy atom. The summed E-state index contributed by atoms with van der Waals surface area (Å²) in [6.45, 7) is 1.72. The molecule has 0 saturated carbocycles. The fraction of sp³-hybridized carbons (Fsp3) is 0.391. The second kappa shape index (κ2) is 9.51. The first-order valence-corrected chi connectivity index (χ1v) is 10.7. The Bertz CT molecular complexity index is 1040. The first-order chi connectivity index (χ1) is 16.2. The van der Waals surface area contributed by atoms with Crippen LogP contribution in [0.25, 0.3) is 0 Å². The second-order valence-corrected chi connectivity index (χ2v) is 7.97. The zero-order valence-corrected chi connectivity index (χ0v) is 18.4. The molecule has 0 radical (unpaired) electrons. The van der Waals surface area contributed by atoms with Crippen molar-refractivity contribution >= 4 is 17.6 Å². The smallest absolute Gasteiger partial charge is 0.416 e. The molecule has 2 heterocycles. The van der Waals surface area contributed by atoms with E-state index in [4.69, 9.17) is 14.2 Å². The molecule has 8 nitrogen and oxygen atoms in total. The van der Waals surface area contributed by atoms with Crippen LogP contribution in [0.5, 0.6) is 11.5 Å². The van der Waals surface area contributed by atoms with Crippen LogP contribution in [-0.2, 0) is 15.7 Å². The van der Waals surface area contributed by atoms with Crippen molar-refractivity contribution in [2.75, 3.05) is 38.7 Å². The normalized spacial score (nSPS) is 17.5. The summed E-state index contributed by atoms with van der Waals surface area (Å²) >= 11 is 0. The van der Waals surface area contributed by atoms with Crippen molar-refractivity contribution in [3.63, 3.8) is 0 Å². The number of carbonyl (C=O) groups is 2. The van der Waals surface area contributed by atoms with Gasteiger partial charge in [0.1, 0.15) is 11.5 Å². The van der Waals surface area contributed by atoms with Crippen LogP contribution in [0.15, 0.2) is 42.5 Å². The fourth-order valence-electron chi connectivity index (χ4n) is 3.89. The van der Waals surface area contributed by atoms with Gasteiger partial charge in [0.05, 0.1) is 18.8 Å². The highest BCUT2D eigenvalue weighted by atomic mass is 19.4. The van der Waals surface area contributed by atoms with Gasteiger partial charge in [-0.2, -0.15) is 13.2 Å². The number of piperidine rings is 1. The summed E-state index contributed by atoms with van der Waals surface area (Å²) in [5.41, 5.74) is -0.637. The maximum absolute atomic E-state index is 13.5. The van der Waals surface area contributed by atoms with E-state index in [1.807, 2.05) is 0 Å². The lowest BCUT2D eigenvalue weighted by molar-refractivity contribution is -0.181. The number of hydrogen-bond donors (Lipinski definition) is 2. The Hall–Kier alpha value is -3.31. The average molecular weight is 479 g/mol. The molecule has 2 aromatic carbocycles. The SMILES string of the molecule is CNC(=O)c1ccc(Oc2cc(NC(=O)N3CCC4(CC3)OCCO4)cc(C(F)(F)F)c2)cc1. The molecule has 0 aliphatic carbocycles. The molecule has 2 N–H and O–H groups in total. The first kappa shape index (κ1) is 23.8. The Morgan fingerprint density at radius 3 is 2.24 bits per heavy atom. The van der Waals surface area contributed by atoms with Crippen LogP contribution < -0.4 is 15.4 Å². The van der Waals surface area contributed by atoms with E-state index in [9.17, 15) is 22.8 Å². The molecule has 2 aliphatic heterocycles. The van der Waals surface area contributed by atoms with Crippen LogP contribution in [-0.4, -0.2) is 56.0 Å². The topological polar surface area (TPSA) is 89.1 Å². The number of nitrogens with one attached hydrogen (secondary N) is 2. The van der Waals surface area contributed by atoms with Gasteiger partial charge in [-0.25, -0.2) is 4.79 Å². The quantitative estimate of drug-likeness (QED) is 0.685. The molecule has 0 bridgehead atoms. The van der Waals surface area contributed by atoms with Gasteiger partial charge in [-0.3, -0.25) is 4.79 Å². The first-order valence-electron chi connectivity index (χ1n) is 10.7. The summed E-state index contributed by atoms with van der Waals surface area (Å²) < 4.78 is 57.3. The van der Waals surface area contributed by atoms with Crippen molar-refractivity contribution in [2.45, 2.75) is 24.8 Å². The number of halogens is 3. The van der Waals surface area contributed by atoms with Crippen molar-refractivity contribution < 1.29 is 37.0 Å². The molecule has 0 atom stereocenters. The van der Waals surface area contributed by atoms with Gasteiger partial charge in [0.2, 0.25) is 0 Å². The molecule has 3 amide bonds. The number of nitrogens with zero attached hydrogens (tertiary/aromatic N) is 1. The molecule has 4 rings (SSSR count).